The summed E-state index contributed by atoms with van der Waals surface area (Å²) >= 11 is 0. The third-order valence-corrected chi connectivity index (χ3v) is 4.68. The monoisotopic (exact) mass is 408 g/mol. The van der Waals surface area contributed by atoms with Gasteiger partial charge in [0.1, 0.15) is 0 Å². The molecular formula is C30H48. The molecule has 0 aromatic heterocycles. The van der Waals surface area contributed by atoms with Crippen molar-refractivity contribution in [3.05, 3.63) is 96.2 Å². The first-order valence-electron chi connectivity index (χ1n) is 11.3. The van der Waals surface area contributed by atoms with Crippen molar-refractivity contribution < 1.29 is 0 Å². The number of hydrogen-bond donors (Lipinski definition) is 0. The Morgan fingerprint density at radius 3 is 1.07 bits per heavy atom. The lowest BCUT2D eigenvalue weighted by Crippen LogP contribution is -1.79. The van der Waals surface area contributed by atoms with Crippen LogP contribution in [0.1, 0.15) is 92.9 Å². The van der Waals surface area contributed by atoms with Crippen LogP contribution in [0.3, 0.4) is 0 Å². The van der Waals surface area contributed by atoms with Gasteiger partial charge in [-0.3, -0.25) is 0 Å². The van der Waals surface area contributed by atoms with Crippen LogP contribution >= 0.6 is 0 Å². The van der Waals surface area contributed by atoms with Crippen molar-refractivity contribution in [1.82, 2.24) is 0 Å². The van der Waals surface area contributed by atoms with Gasteiger partial charge in [-0.25, -0.2) is 0 Å². The van der Waals surface area contributed by atoms with Gasteiger partial charge in [0.05, 0.1) is 0 Å². The summed E-state index contributed by atoms with van der Waals surface area (Å²) in [4.78, 5) is 0. The molecule has 0 spiro atoms. The predicted molar refractivity (Wildman–Crippen MR) is 142 cm³/mol. The van der Waals surface area contributed by atoms with Gasteiger partial charge in [-0.2, -0.15) is 0 Å². The van der Waals surface area contributed by atoms with Crippen LogP contribution < -0.4 is 0 Å². The Labute approximate surface area is 189 Å². The zero-order chi connectivity index (χ0) is 23.4. The molecule has 0 saturated carbocycles. The molecule has 168 valence electrons. The highest BCUT2D eigenvalue weighted by atomic mass is 14.0. The molecule has 0 aliphatic rings. The van der Waals surface area contributed by atoms with Gasteiger partial charge in [-0.1, -0.05) is 96.2 Å². The molecular weight excluding hydrogens is 360 g/mol. The van der Waals surface area contributed by atoms with E-state index >= 15 is 0 Å². The minimum Gasteiger partial charge on any atom is -0.0988 e. The van der Waals surface area contributed by atoms with Crippen molar-refractivity contribution >= 4 is 0 Å². The van der Waals surface area contributed by atoms with E-state index in [2.05, 4.69) is 92.2 Å². The fourth-order valence-electron chi connectivity index (χ4n) is 2.59. The van der Waals surface area contributed by atoms with Crippen molar-refractivity contribution in [2.75, 3.05) is 0 Å². The molecule has 0 nitrogen and oxygen atoms in total. The van der Waals surface area contributed by atoms with Gasteiger partial charge >= 0.3 is 0 Å². The molecule has 0 atom stereocenters. The third kappa shape index (κ3) is 24.0. The van der Waals surface area contributed by atoms with Crippen LogP contribution in [0.4, 0.5) is 0 Å². The largest absolute Gasteiger partial charge is 0.0988 e. The van der Waals surface area contributed by atoms with Gasteiger partial charge in [0, 0.05) is 0 Å². The van der Waals surface area contributed by atoms with Crippen molar-refractivity contribution in [3.8, 4) is 0 Å². The highest BCUT2D eigenvalue weighted by Gasteiger charge is 1.91. The van der Waals surface area contributed by atoms with E-state index in [9.17, 15) is 0 Å². The molecule has 0 aliphatic heterocycles. The topological polar surface area (TPSA) is 0 Å². The Balaban J connectivity index is 0. The number of rotatable bonds is 14. The second-order valence-corrected chi connectivity index (χ2v) is 8.54. The van der Waals surface area contributed by atoms with E-state index in [0.717, 1.165) is 49.7 Å². The lowest BCUT2D eigenvalue weighted by Gasteiger charge is -2.00. The zero-order valence-electron chi connectivity index (χ0n) is 20.9. The van der Waals surface area contributed by atoms with E-state index in [1.165, 1.54) is 35.1 Å². The summed E-state index contributed by atoms with van der Waals surface area (Å²) in [5.74, 6) is 0. The summed E-state index contributed by atoms with van der Waals surface area (Å²) in [6.45, 7) is 28.2. The van der Waals surface area contributed by atoms with Gasteiger partial charge in [0.2, 0.25) is 0 Å². The average molecular weight is 409 g/mol. The SMILES string of the molecule is C=CC(=C)CC/C=C(\C)CCC=C(C)C.C=CC(=C)CCC=C(C)CCC=C(C)C. The Kier molecular flexibility index (Phi) is 20.3. The first-order valence-corrected chi connectivity index (χ1v) is 11.3. The van der Waals surface area contributed by atoms with Crippen molar-refractivity contribution in [1.29, 1.82) is 0 Å². The maximum Gasteiger partial charge on any atom is -0.0250 e. The summed E-state index contributed by atoms with van der Waals surface area (Å²) in [6, 6.07) is 0. The molecule has 0 aromatic rings. The van der Waals surface area contributed by atoms with Crippen LogP contribution in [0, 0.1) is 0 Å². The zero-order valence-corrected chi connectivity index (χ0v) is 20.9. The van der Waals surface area contributed by atoms with Gasteiger partial charge in [-0.05, 0) is 92.9 Å². The minimum absolute atomic E-state index is 1.03. The smallest absolute Gasteiger partial charge is 0.0250 e. The molecule has 0 unspecified atom stereocenters. The fourth-order valence-corrected chi connectivity index (χ4v) is 2.59. The van der Waals surface area contributed by atoms with E-state index in [0.29, 0.717) is 0 Å². The van der Waals surface area contributed by atoms with E-state index in [1.54, 1.807) is 0 Å². The molecule has 0 N–H and O–H groups in total. The Morgan fingerprint density at radius 2 is 0.800 bits per heavy atom. The first-order chi connectivity index (χ1) is 14.1. The fraction of sp³-hybridized carbons (Fsp3) is 0.467. The van der Waals surface area contributed by atoms with E-state index in [1.807, 2.05) is 12.2 Å². The summed E-state index contributed by atoms with van der Waals surface area (Å²) in [6.07, 6.45) is 21.8. The molecule has 0 bridgehead atoms. The Bertz CT molecular complexity index is 578. The summed E-state index contributed by atoms with van der Waals surface area (Å²) in [5.41, 5.74) is 8.02. The van der Waals surface area contributed by atoms with E-state index < -0.39 is 0 Å². The molecule has 0 heterocycles. The first kappa shape index (κ1) is 30.1. The molecule has 0 rings (SSSR count). The molecule has 0 heteroatoms. The van der Waals surface area contributed by atoms with Gasteiger partial charge in [-0.15, -0.1) is 0 Å². The van der Waals surface area contributed by atoms with Crippen molar-refractivity contribution in [2.24, 2.45) is 0 Å². The molecule has 0 fully saturated rings. The average Bonchev–Trinajstić information content (AvgIpc) is 2.67. The lowest BCUT2D eigenvalue weighted by molar-refractivity contribution is 0.928. The van der Waals surface area contributed by atoms with Crippen molar-refractivity contribution in [3.63, 3.8) is 0 Å². The molecule has 0 aliphatic carbocycles. The standard InChI is InChI=1S/2C15H24/c2*1-6-14(4)10-8-12-15(5)11-7-9-13(2)3/h2*6,9,12H,1,4,7-8,10-11H2,2-3,5H3/b15-12+;. The van der Waals surface area contributed by atoms with E-state index in [-0.39, 0.29) is 0 Å². The maximum atomic E-state index is 3.90. The second kappa shape index (κ2) is 20.2. The molecule has 30 heavy (non-hydrogen) atoms. The summed E-state index contributed by atoms with van der Waals surface area (Å²) in [7, 11) is 0. The lowest BCUT2D eigenvalue weighted by atomic mass is 10.1. The number of allylic oxidation sites excluding steroid dienone is 12. The van der Waals surface area contributed by atoms with Crippen LogP contribution in [-0.2, 0) is 0 Å². The quantitative estimate of drug-likeness (QED) is 0.198. The Hall–Kier alpha value is -2.08. The normalized spacial score (nSPS) is 11.0. The second-order valence-electron chi connectivity index (χ2n) is 8.54. The van der Waals surface area contributed by atoms with Crippen LogP contribution in [0.15, 0.2) is 96.2 Å². The molecule has 0 radical (unpaired) electrons. The highest BCUT2D eigenvalue weighted by molar-refractivity contribution is 5.13. The van der Waals surface area contributed by atoms with Gasteiger partial charge in [0.15, 0.2) is 0 Å². The van der Waals surface area contributed by atoms with Gasteiger partial charge in [0.25, 0.3) is 0 Å². The van der Waals surface area contributed by atoms with Crippen LogP contribution in [-0.4, -0.2) is 0 Å². The van der Waals surface area contributed by atoms with Crippen LogP contribution in [0.25, 0.3) is 0 Å². The van der Waals surface area contributed by atoms with E-state index in [4.69, 9.17) is 0 Å². The molecule has 0 saturated heterocycles. The highest BCUT2D eigenvalue weighted by Crippen LogP contribution is 2.12. The maximum absolute atomic E-state index is 3.90. The third-order valence-electron chi connectivity index (χ3n) is 4.68. The van der Waals surface area contributed by atoms with Crippen molar-refractivity contribution in [2.45, 2.75) is 92.9 Å². The number of hydrogen-bond acceptors (Lipinski definition) is 0. The van der Waals surface area contributed by atoms with Crippen LogP contribution in [0.2, 0.25) is 0 Å². The summed E-state index contributed by atoms with van der Waals surface area (Å²) < 4.78 is 0. The predicted octanol–water partition coefficient (Wildman–Crippen LogP) is 10.4. The van der Waals surface area contributed by atoms with Crippen LogP contribution in [0.5, 0.6) is 0 Å². The Morgan fingerprint density at radius 1 is 0.500 bits per heavy atom. The minimum atomic E-state index is 1.03. The molecule has 0 aromatic carbocycles. The van der Waals surface area contributed by atoms with Gasteiger partial charge < -0.3 is 0 Å². The molecule has 0 amide bonds. The summed E-state index contributed by atoms with van der Waals surface area (Å²) in [5, 5.41) is 0.